The second-order valence-electron chi connectivity index (χ2n) is 10.2. The largest absolute Gasteiger partial charge is 0.496 e. The molecule has 4 heterocycles. The van der Waals surface area contributed by atoms with Gasteiger partial charge >= 0.3 is 0 Å². The summed E-state index contributed by atoms with van der Waals surface area (Å²) in [5, 5.41) is 12.7. The zero-order valence-electron chi connectivity index (χ0n) is 22.7. The summed E-state index contributed by atoms with van der Waals surface area (Å²) in [4.78, 5) is 22.0. The highest BCUT2D eigenvalue weighted by Crippen LogP contribution is 2.39. The smallest absolute Gasteiger partial charge is 0.257 e. The highest BCUT2D eigenvalue weighted by atomic mass is 16.5. The van der Waals surface area contributed by atoms with Crippen molar-refractivity contribution in [1.29, 1.82) is 0 Å². The molecule has 0 unspecified atom stereocenters. The second-order valence-corrected chi connectivity index (χ2v) is 10.2. The van der Waals surface area contributed by atoms with Crippen molar-refractivity contribution in [3.63, 3.8) is 0 Å². The molecule has 1 amide bonds. The normalized spacial score (nSPS) is 14.3. The summed E-state index contributed by atoms with van der Waals surface area (Å²) in [7, 11) is 1.60. The zero-order chi connectivity index (χ0) is 27.8. The van der Waals surface area contributed by atoms with E-state index in [9.17, 15) is 4.79 Å². The molecular formula is C32H29N7O2. The van der Waals surface area contributed by atoms with Gasteiger partial charge in [-0.3, -0.25) is 14.3 Å². The number of methoxy groups -OCH3 is 1. The van der Waals surface area contributed by atoms with E-state index in [-0.39, 0.29) is 5.91 Å². The second kappa shape index (κ2) is 10.5. The van der Waals surface area contributed by atoms with Crippen LogP contribution >= 0.6 is 0 Å². The van der Waals surface area contributed by atoms with Crippen LogP contribution in [0.1, 0.15) is 15.9 Å². The van der Waals surface area contributed by atoms with E-state index < -0.39 is 0 Å². The number of fused-ring (bicyclic) bond motifs is 5. The molecule has 0 bridgehead atoms. The van der Waals surface area contributed by atoms with Gasteiger partial charge in [-0.2, -0.15) is 0 Å². The Kier molecular flexibility index (Phi) is 6.41. The predicted molar refractivity (Wildman–Crippen MR) is 157 cm³/mol. The third-order valence-electron chi connectivity index (χ3n) is 7.73. The minimum absolute atomic E-state index is 0.0217. The van der Waals surface area contributed by atoms with Crippen LogP contribution in [0.15, 0.2) is 91.1 Å². The van der Waals surface area contributed by atoms with Gasteiger partial charge < -0.3 is 15.0 Å². The van der Waals surface area contributed by atoms with E-state index in [4.69, 9.17) is 4.74 Å². The van der Waals surface area contributed by atoms with Gasteiger partial charge in [0.25, 0.3) is 5.91 Å². The summed E-state index contributed by atoms with van der Waals surface area (Å²) in [5.41, 5.74) is 5.64. The van der Waals surface area contributed by atoms with Crippen molar-refractivity contribution < 1.29 is 9.53 Å². The standard InChI is InChI=1S/C32H29N7O2/c1-41-28-11-5-3-8-25(28)32(40)38-19-17-37(18-20-38)21-22-12-14-23(15-13-22)30-35-36-31-24-7-2-4-9-26(24)34-29-27(39(30)31)10-6-16-33-29/h2-16H,17-21H2,1H3,(H,33,34). The summed E-state index contributed by atoms with van der Waals surface area (Å²) in [6.45, 7) is 3.82. The molecule has 1 N–H and O–H groups in total. The number of hydrogen-bond donors (Lipinski definition) is 1. The van der Waals surface area contributed by atoms with Gasteiger partial charge in [0.2, 0.25) is 0 Å². The molecule has 1 saturated heterocycles. The monoisotopic (exact) mass is 543 g/mol. The molecule has 0 atom stereocenters. The maximum atomic E-state index is 13.1. The van der Waals surface area contributed by atoms with E-state index in [1.165, 1.54) is 5.56 Å². The number of amides is 1. The average molecular weight is 544 g/mol. The number of hydrogen-bond acceptors (Lipinski definition) is 7. The van der Waals surface area contributed by atoms with Crippen molar-refractivity contribution in [2.24, 2.45) is 0 Å². The fourth-order valence-corrected chi connectivity index (χ4v) is 5.58. The van der Waals surface area contributed by atoms with Crippen LogP contribution < -0.4 is 10.1 Å². The van der Waals surface area contributed by atoms with Crippen molar-refractivity contribution >= 4 is 17.4 Å². The molecule has 2 aliphatic rings. The third-order valence-corrected chi connectivity index (χ3v) is 7.73. The van der Waals surface area contributed by atoms with E-state index in [2.05, 4.69) is 54.2 Å². The van der Waals surface area contributed by atoms with Crippen LogP contribution in [0, 0.1) is 0 Å². The number of anilines is 2. The lowest BCUT2D eigenvalue weighted by Crippen LogP contribution is -2.48. The minimum atomic E-state index is 0.0217. The minimum Gasteiger partial charge on any atom is -0.496 e. The Morgan fingerprint density at radius 1 is 0.854 bits per heavy atom. The van der Waals surface area contributed by atoms with Gasteiger partial charge in [-0.1, -0.05) is 48.5 Å². The maximum absolute atomic E-state index is 13.1. The number of carbonyl (C=O) groups is 1. The number of piperazine rings is 1. The van der Waals surface area contributed by atoms with Crippen LogP contribution in [0.4, 0.5) is 11.5 Å². The lowest BCUT2D eigenvalue weighted by molar-refractivity contribution is 0.0625. The number of pyridine rings is 1. The number of nitrogens with one attached hydrogen (secondary N) is 1. The molecule has 2 aliphatic heterocycles. The Hall–Kier alpha value is -5.02. The molecular weight excluding hydrogens is 514 g/mol. The molecule has 9 heteroatoms. The molecule has 0 radical (unpaired) electrons. The number of rotatable bonds is 5. The van der Waals surface area contributed by atoms with Crippen molar-refractivity contribution in [2.45, 2.75) is 6.54 Å². The number of aromatic nitrogens is 4. The van der Waals surface area contributed by atoms with Crippen LogP contribution in [0.3, 0.4) is 0 Å². The number of benzene rings is 3. The van der Waals surface area contributed by atoms with Crippen molar-refractivity contribution in [1.82, 2.24) is 29.5 Å². The lowest BCUT2D eigenvalue weighted by atomic mass is 10.1. The van der Waals surface area contributed by atoms with Crippen LogP contribution in [-0.2, 0) is 6.54 Å². The number of ether oxygens (including phenoxy) is 1. The lowest BCUT2D eigenvalue weighted by Gasteiger charge is -2.35. The first-order chi connectivity index (χ1) is 20.2. The molecule has 7 rings (SSSR count). The third kappa shape index (κ3) is 4.60. The number of para-hydroxylation sites is 2. The Labute approximate surface area is 238 Å². The number of nitrogens with zero attached hydrogens (tertiary/aromatic N) is 6. The van der Waals surface area contributed by atoms with Crippen LogP contribution in [0.25, 0.3) is 28.5 Å². The molecule has 2 aromatic heterocycles. The summed E-state index contributed by atoms with van der Waals surface area (Å²) in [5.74, 6) is 2.94. The van der Waals surface area contributed by atoms with Gasteiger partial charge in [0.05, 0.1) is 24.0 Å². The number of carbonyl (C=O) groups excluding carboxylic acids is 1. The fourth-order valence-electron chi connectivity index (χ4n) is 5.58. The predicted octanol–water partition coefficient (Wildman–Crippen LogP) is 5.02. The van der Waals surface area contributed by atoms with Gasteiger partial charge in [-0.25, -0.2) is 4.98 Å². The average Bonchev–Trinajstić information content (AvgIpc) is 3.41. The Morgan fingerprint density at radius 2 is 1.61 bits per heavy atom. The highest BCUT2D eigenvalue weighted by molar-refractivity contribution is 5.97. The fraction of sp³-hybridized carbons (Fsp3) is 0.188. The molecule has 1 fully saturated rings. The Bertz CT molecular complexity index is 1720. The van der Waals surface area contributed by atoms with E-state index in [1.807, 2.05) is 65.6 Å². The maximum Gasteiger partial charge on any atom is 0.257 e. The van der Waals surface area contributed by atoms with Crippen LogP contribution in [0.5, 0.6) is 5.75 Å². The molecule has 5 aromatic rings. The molecule has 0 aliphatic carbocycles. The zero-order valence-corrected chi connectivity index (χ0v) is 22.7. The van der Waals surface area contributed by atoms with E-state index in [1.54, 1.807) is 13.3 Å². The van der Waals surface area contributed by atoms with Gasteiger partial charge in [0.1, 0.15) is 5.75 Å². The van der Waals surface area contributed by atoms with Gasteiger partial charge in [0.15, 0.2) is 17.5 Å². The van der Waals surface area contributed by atoms with E-state index in [0.29, 0.717) is 24.4 Å². The molecule has 9 nitrogen and oxygen atoms in total. The molecule has 3 aromatic carbocycles. The molecule has 204 valence electrons. The molecule has 0 saturated carbocycles. The topological polar surface area (TPSA) is 88.4 Å². The quantitative estimate of drug-likeness (QED) is 0.327. The summed E-state index contributed by atoms with van der Waals surface area (Å²) >= 11 is 0. The first-order valence-corrected chi connectivity index (χ1v) is 13.7. The van der Waals surface area contributed by atoms with Gasteiger partial charge in [0, 0.05) is 50.0 Å². The SMILES string of the molecule is COc1ccccc1C(=O)N1CCN(Cc2ccc(-c3nnc4n3-c3cccnc3Nc3ccccc3-4)cc2)CC1. The molecule has 41 heavy (non-hydrogen) atoms. The van der Waals surface area contributed by atoms with Crippen molar-refractivity contribution in [3.8, 4) is 34.2 Å². The van der Waals surface area contributed by atoms with Crippen molar-refractivity contribution in [2.75, 3.05) is 38.6 Å². The van der Waals surface area contributed by atoms with Crippen molar-refractivity contribution in [3.05, 3.63) is 102 Å². The van der Waals surface area contributed by atoms with E-state index >= 15 is 0 Å². The van der Waals surface area contributed by atoms with Gasteiger partial charge in [-0.05, 0) is 42.0 Å². The highest BCUT2D eigenvalue weighted by Gasteiger charge is 2.26. The first kappa shape index (κ1) is 25.0. The van der Waals surface area contributed by atoms with E-state index in [0.717, 1.165) is 59.6 Å². The van der Waals surface area contributed by atoms with Crippen LogP contribution in [-0.4, -0.2) is 68.7 Å². The Morgan fingerprint density at radius 3 is 2.44 bits per heavy atom. The molecule has 0 spiro atoms. The van der Waals surface area contributed by atoms with Gasteiger partial charge in [-0.15, -0.1) is 10.2 Å². The Balaban J connectivity index is 1.08. The summed E-state index contributed by atoms with van der Waals surface area (Å²) in [6.07, 6.45) is 1.78. The van der Waals surface area contributed by atoms with Crippen LogP contribution in [0.2, 0.25) is 0 Å². The summed E-state index contributed by atoms with van der Waals surface area (Å²) < 4.78 is 7.47. The summed E-state index contributed by atoms with van der Waals surface area (Å²) in [6, 6.07) is 28.0. The first-order valence-electron chi connectivity index (χ1n) is 13.7.